The predicted octanol–water partition coefficient (Wildman–Crippen LogP) is 5.07. The van der Waals surface area contributed by atoms with E-state index in [0.29, 0.717) is 17.6 Å². The van der Waals surface area contributed by atoms with Crippen molar-refractivity contribution in [3.05, 3.63) is 0 Å². The second-order valence-electron chi connectivity index (χ2n) is 10.9. The summed E-state index contributed by atoms with van der Waals surface area (Å²) in [5.41, 5.74) is 5.28. The second-order valence-corrected chi connectivity index (χ2v) is 12.3. The lowest BCUT2D eigenvalue weighted by atomic mass is 10.0. The summed E-state index contributed by atoms with van der Waals surface area (Å²) >= 11 is 0. The molecule has 0 rings (SSSR count). The Labute approximate surface area is 221 Å². The molecule has 0 aliphatic rings. The Morgan fingerprint density at radius 2 is 1.36 bits per heavy atom. The fourth-order valence-electron chi connectivity index (χ4n) is 3.76. The Hall–Kier alpha value is -0.700. The van der Waals surface area contributed by atoms with Gasteiger partial charge in [-0.05, 0) is 6.42 Å². The molecule has 0 aliphatic heterocycles. The van der Waals surface area contributed by atoms with Crippen molar-refractivity contribution in [2.24, 2.45) is 5.73 Å². The smallest absolute Gasteiger partial charge is 0.314 e. The molecule has 0 heterocycles. The first-order valence-corrected chi connectivity index (χ1v) is 15.5. The summed E-state index contributed by atoms with van der Waals surface area (Å²) < 4.78 is 28.6. The third-order valence-electron chi connectivity index (χ3n) is 6.09. The number of carbonyl (C=O) groups is 1. The van der Waals surface area contributed by atoms with Gasteiger partial charge < -0.3 is 33.8 Å². The molecule has 0 aromatic carbocycles. The average molecular weight is 538 g/mol. The molecule has 0 aromatic rings. The molecule has 2 amide bonds. The molecule has 0 bridgehead atoms. The van der Waals surface area contributed by atoms with Crippen LogP contribution in [0.25, 0.3) is 0 Å². The number of nitrogens with two attached hydrogens (primary N) is 1. The van der Waals surface area contributed by atoms with Gasteiger partial charge in [-0.1, -0.05) is 90.4 Å². The van der Waals surface area contributed by atoms with Crippen LogP contribution in [0.15, 0.2) is 0 Å². The number of ether oxygens (including phenoxy) is 1. The molecule has 2 unspecified atom stereocenters. The Balaban J connectivity index is 4.00. The zero-order valence-electron chi connectivity index (χ0n) is 23.9. The van der Waals surface area contributed by atoms with Gasteiger partial charge in [0.05, 0.1) is 34.3 Å². The van der Waals surface area contributed by atoms with E-state index in [1.54, 1.807) is 0 Å². The minimum Gasteiger partial charge on any atom is -0.756 e. The summed E-state index contributed by atoms with van der Waals surface area (Å²) in [7, 11) is 2.78. The van der Waals surface area contributed by atoms with Crippen LogP contribution in [-0.4, -0.2) is 82.6 Å². The lowest BCUT2D eigenvalue weighted by Gasteiger charge is -2.31. The van der Waals surface area contributed by atoms with E-state index in [1.165, 1.54) is 89.0 Å². The summed E-state index contributed by atoms with van der Waals surface area (Å²) in [6.07, 6.45) is 17.1. The quantitative estimate of drug-likeness (QED) is 0.0988. The van der Waals surface area contributed by atoms with Crippen LogP contribution in [0.4, 0.5) is 4.79 Å². The van der Waals surface area contributed by atoms with E-state index in [2.05, 4.69) is 6.92 Å². The molecule has 2 atom stereocenters. The number of hydrogen-bond acceptors (Lipinski definition) is 6. The largest absolute Gasteiger partial charge is 0.756 e. The first kappa shape index (κ1) is 35.3. The van der Waals surface area contributed by atoms with Crippen LogP contribution < -0.4 is 10.6 Å². The summed E-state index contributed by atoms with van der Waals surface area (Å²) in [4.78, 5) is 24.8. The number of likely N-dealkylation sites (N-methyl/N-ethyl adjacent to an activating group) is 2. The minimum atomic E-state index is -4.53. The SMILES string of the molecule is CCCCCCCCCCCCCCCCOCC(CN(C)C(N)=O)OP(=O)([O-])OCC[N+](C)(C)C. The van der Waals surface area contributed by atoms with Crippen LogP contribution in [0.5, 0.6) is 0 Å². The fourth-order valence-corrected chi connectivity index (χ4v) is 4.62. The van der Waals surface area contributed by atoms with Gasteiger partial charge in [0.25, 0.3) is 7.82 Å². The first-order valence-electron chi connectivity index (χ1n) is 14.0. The highest BCUT2D eigenvalue weighted by Gasteiger charge is 2.22. The first-order chi connectivity index (χ1) is 17.0. The maximum atomic E-state index is 12.2. The van der Waals surface area contributed by atoms with E-state index in [1.807, 2.05) is 21.1 Å². The van der Waals surface area contributed by atoms with Crippen molar-refractivity contribution >= 4 is 13.9 Å². The van der Waals surface area contributed by atoms with Crippen molar-refractivity contribution in [3.63, 3.8) is 0 Å². The monoisotopic (exact) mass is 537 g/mol. The second kappa shape index (κ2) is 21.3. The maximum Gasteiger partial charge on any atom is 0.314 e. The van der Waals surface area contributed by atoms with Gasteiger partial charge in [0.2, 0.25) is 0 Å². The highest BCUT2D eigenvalue weighted by molar-refractivity contribution is 7.45. The lowest BCUT2D eigenvalue weighted by Crippen LogP contribution is -2.41. The number of hydrogen-bond donors (Lipinski definition) is 1. The molecule has 0 radical (unpaired) electrons. The third kappa shape index (κ3) is 23.7. The van der Waals surface area contributed by atoms with Gasteiger partial charge in [-0.2, -0.15) is 0 Å². The molecule has 216 valence electrons. The maximum absolute atomic E-state index is 12.2. The van der Waals surface area contributed by atoms with E-state index < -0.39 is 20.0 Å². The van der Waals surface area contributed by atoms with Gasteiger partial charge in [-0.15, -0.1) is 0 Å². The number of rotatable bonds is 25. The van der Waals surface area contributed by atoms with Crippen molar-refractivity contribution in [2.45, 2.75) is 103 Å². The number of phosphoric ester groups is 1. The summed E-state index contributed by atoms with van der Waals surface area (Å²) in [6.45, 7) is 3.34. The summed E-state index contributed by atoms with van der Waals surface area (Å²) in [5.74, 6) is 0. The van der Waals surface area contributed by atoms with Crippen molar-refractivity contribution in [2.75, 3.05) is 61.1 Å². The highest BCUT2D eigenvalue weighted by Crippen LogP contribution is 2.40. The van der Waals surface area contributed by atoms with Gasteiger partial charge in [0.1, 0.15) is 19.3 Å². The molecule has 0 saturated carbocycles. The number of primary amides is 1. The molecule has 0 aliphatic carbocycles. The molecular formula is C26H56N3O6P. The van der Waals surface area contributed by atoms with Gasteiger partial charge >= 0.3 is 6.03 Å². The topological polar surface area (TPSA) is 114 Å². The predicted molar refractivity (Wildman–Crippen MR) is 145 cm³/mol. The average Bonchev–Trinajstić information content (AvgIpc) is 2.77. The fraction of sp³-hybridized carbons (Fsp3) is 0.962. The number of amides is 2. The van der Waals surface area contributed by atoms with E-state index in [-0.39, 0.29) is 19.8 Å². The molecule has 10 heteroatoms. The van der Waals surface area contributed by atoms with Gasteiger partial charge in [0.15, 0.2) is 0 Å². The van der Waals surface area contributed by atoms with E-state index in [4.69, 9.17) is 19.5 Å². The molecule has 36 heavy (non-hydrogen) atoms. The Kier molecular flexibility index (Phi) is 20.8. The van der Waals surface area contributed by atoms with Crippen LogP contribution in [0.2, 0.25) is 0 Å². The van der Waals surface area contributed by atoms with E-state index >= 15 is 0 Å². The van der Waals surface area contributed by atoms with E-state index in [0.717, 1.165) is 12.8 Å². The van der Waals surface area contributed by atoms with Crippen LogP contribution in [0.1, 0.15) is 96.8 Å². The van der Waals surface area contributed by atoms with Crippen molar-refractivity contribution < 1.29 is 32.5 Å². The summed E-state index contributed by atoms with van der Waals surface area (Å²) in [5, 5.41) is 0. The summed E-state index contributed by atoms with van der Waals surface area (Å²) in [6, 6.07) is -0.665. The molecule has 0 fully saturated rings. The van der Waals surface area contributed by atoms with Crippen molar-refractivity contribution in [3.8, 4) is 0 Å². The van der Waals surface area contributed by atoms with Crippen LogP contribution in [0, 0.1) is 0 Å². The van der Waals surface area contributed by atoms with Gasteiger partial charge in [-0.3, -0.25) is 4.57 Å². The number of urea groups is 1. The van der Waals surface area contributed by atoms with Crippen LogP contribution >= 0.6 is 7.82 Å². The van der Waals surface area contributed by atoms with Crippen LogP contribution in [-0.2, 0) is 18.3 Å². The van der Waals surface area contributed by atoms with Crippen LogP contribution in [0.3, 0.4) is 0 Å². The number of unbranched alkanes of at least 4 members (excludes halogenated alkanes) is 13. The number of quaternary nitrogens is 1. The zero-order valence-corrected chi connectivity index (χ0v) is 24.8. The molecular weight excluding hydrogens is 481 g/mol. The van der Waals surface area contributed by atoms with E-state index in [9.17, 15) is 14.3 Å². The normalized spacial score (nSPS) is 14.5. The minimum absolute atomic E-state index is 0.000995. The lowest BCUT2D eigenvalue weighted by molar-refractivity contribution is -0.870. The van der Waals surface area contributed by atoms with Gasteiger partial charge in [0, 0.05) is 13.7 Å². The standard InChI is InChI=1S/C26H56N3O6P/c1-6-7-8-9-10-11-12-13-14-15-16-17-18-19-21-33-24-25(23-28(2)26(27)30)35-36(31,32)34-22-20-29(3,4)5/h25H,6-24H2,1-5H3,(H2-,27,30,31,32). The van der Waals surface area contributed by atoms with Gasteiger partial charge in [-0.25, -0.2) is 4.79 Å². The Morgan fingerprint density at radius 1 is 0.889 bits per heavy atom. The van der Waals surface area contributed by atoms with Crippen molar-refractivity contribution in [1.29, 1.82) is 0 Å². The third-order valence-corrected chi connectivity index (χ3v) is 7.14. The molecule has 0 spiro atoms. The molecule has 0 saturated heterocycles. The zero-order chi connectivity index (χ0) is 27.3. The number of nitrogens with zero attached hydrogens (tertiary/aromatic N) is 2. The Bertz CT molecular complexity index is 589. The Morgan fingerprint density at radius 3 is 1.81 bits per heavy atom. The highest BCUT2D eigenvalue weighted by atomic mass is 31.2. The molecule has 2 N–H and O–H groups in total. The molecule has 0 aromatic heterocycles. The molecule has 9 nitrogen and oxygen atoms in total. The number of carbonyl (C=O) groups excluding carboxylic acids is 1. The number of phosphoric acid groups is 1. The van der Waals surface area contributed by atoms with Crippen molar-refractivity contribution in [1.82, 2.24) is 4.90 Å².